The Balaban J connectivity index is 3.25. The summed E-state index contributed by atoms with van der Waals surface area (Å²) in [6, 6.07) is 3.13. The molecular formula is C10H13NO5. The normalized spacial score (nSPS) is 9.44. The SMILES string of the molecule is COc1ccc(NC(=O)O)c(OC)c1OC. The van der Waals surface area contributed by atoms with Crippen LogP contribution in [0.15, 0.2) is 12.1 Å². The molecule has 0 aliphatic heterocycles. The van der Waals surface area contributed by atoms with E-state index >= 15 is 0 Å². The van der Waals surface area contributed by atoms with E-state index in [0.717, 1.165) is 0 Å². The standard InChI is InChI=1S/C10H13NO5/c1-14-7-5-4-6(11-10(12)13)8(15-2)9(7)16-3/h4-5,11H,1-3H3,(H,12,13). The van der Waals surface area contributed by atoms with Crippen LogP contribution in [0.5, 0.6) is 17.2 Å². The highest BCUT2D eigenvalue weighted by atomic mass is 16.5. The predicted molar refractivity (Wildman–Crippen MR) is 57.7 cm³/mol. The molecule has 1 aromatic carbocycles. The van der Waals surface area contributed by atoms with E-state index in [-0.39, 0.29) is 5.75 Å². The van der Waals surface area contributed by atoms with Gasteiger partial charge in [-0.2, -0.15) is 0 Å². The fourth-order valence-corrected chi connectivity index (χ4v) is 1.31. The Morgan fingerprint density at radius 2 is 1.75 bits per heavy atom. The van der Waals surface area contributed by atoms with Crippen molar-refractivity contribution in [3.05, 3.63) is 12.1 Å². The summed E-state index contributed by atoms with van der Waals surface area (Å²) in [6.07, 6.45) is -1.18. The monoisotopic (exact) mass is 227 g/mol. The molecule has 2 N–H and O–H groups in total. The second-order valence-corrected chi connectivity index (χ2v) is 2.81. The number of ether oxygens (including phenoxy) is 3. The van der Waals surface area contributed by atoms with Crippen LogP contribution >= 0.6 is 0 Å². The number of carboxylic acid groups (broad SMARTS) is 1. The Morgan fingerprint density at radius 1 is 1.12 bits per heavy atom. The van der Waals surface area contributed by atoms with Crippen molar-refractivity contribution < 1.29 is 24.1 Å². The minimum Gasteiger partial charge on any atom is -0.493 e. The molecule has 0 aromatic heterocycles. The van der Waals surface area contributed by atoms with E-state index in [1.165, 1.54) is 27.4 Å². The number of benzene rings is 1. The minimum atomic E-state index is -1.18. The first-order chi connectivity index (χ1) is 7.63. The molecule has 0 aliphatic carbocycles. The van der Waals surface area contributed by atoms with Gasteiger partial charge in [-0.3, -0.25) is 5.32 Å². The van der Waals surface area contributed by atoms with Crippen LogP contribution in [0, 0.1) is 0 Å². The Labute approximate surface area is 92.7 Å². The number of hydrogen-bond donors (Lipinski definition) is 2. The van der Waals surface area contributed by atoms with Crippen molar-refractivity contribution in [2.75, 3.05) is 26.6 Å². The second kappa shape index (κ2) is 5.11. The first-order valence-electron chi connectivity index (χ1n) is 4.43. The quantitative estimate of drug-likeness (QED) is 0.820. The van der Waals surface area contributed by atoms with Gasteiger partial charge in [0.2, 0.25) is 5.75 Å². The topological polar surface area (TPSA) is 77.0 Å². The third kappa shape index (κ3) is 2.28. The average molecular weight is 227 g/mol. The molecule has 0 bridgehead atoms. The summed E-state index contributed by atoms with van der Waals surface area (Å²) in [5, 5.41) is 10.8. The van der Waals surface area contributed by atoms with Crippen LogP contribution in [0.2, 0.25) is 0 Å². The predicted octanol–water partition coefficient (Wildman–Crippen LogP) is 1.80. The molecule has 1 rings (SSSR count). The number of hydrogen-bond acceptors (Lipinski definition) is 4. The van der Waals surface area contributed by atoms with Crippen LogP contribution < -0.4 is 19.5 Å². The molecule has 0 spiro atoms. The van der Waals surface area contributed by atoms with Gasteiger partial charge in [-0.1, -0.05) is 0 Å². The van der Waals surface area contributed by atoms with Gasteiger partial charge in [0, 0.05) is 0 Å². The average Bonchev–Trinajstić information content (AvgIpc) is 2.27. The summed E-state index contributed by atoms with van der Waals surface area (Å²) < 4.78 is 15.2. The van der Waals surface area contributed by atoms with Crippen molar-refractivity contribution in [3.63, 3.8) is 0 Å². The van der Waals surface area contributed by atoms with Gasteiger partial charge >= 0.3 is 6.09 Å². The summed E-state index contributed by atoms with van der Waals surface area (Å²) in [5.74, 6) is 1.09. The number of nitrogens with one attached hydrogen (secondary N) is 1. The Morgan fingerprint density at radius 3 is 2.19 bits per heavy atom. The van der Waals surface area contributed by atoms with Crippen LogP contribution in [0.4, 0.5) is 10.5 Å². The van der Waals surface area contributed by atoms with E-state index in [2.05, 4.69) is 5.32 Å². The summed E-state index contributed by atoms with van der Waals surface area (Å²) in [7, 11) is 4.36. The van der Waals surface area contributed by atoms with Gasteiger partial charge in [-0.05, 0) is 12.1 Å². The molecule has 16 heavy (non-hydrogen) atoms. The lowest BCUT2D eigenvalue weighted by molar-refractivity contribution is 0.209. The maximum atomic E-state index is 10.6. The third-order valence-electron chi connectivity index (χ3n) is 1.95. The number of methoxy groups -OCH3 is 3. The lowest BCUT2D eigenvalue weighted by Gasteiger charge is -2.15. The molecule has 0 atom stereocenters. The molecule has 0 heterocycles. The van der Waals surface area contributed by atoms with Crippen LogP contribution in [-0.4, -0.2) is 32.5 Å². The molecule has 6 nitrogen and oxygen atoms in total. The van der Waals surface area contributed by atoms with Crippen LogP contribution in [0.1, 0.15) is 0 Å². The number of anilines is 1. The van der Waals surface area contributed by atoms with Gasteiger partial charge in [0.1, 0.15) is 0 Å². The van der Waals surface area contributed by atoms with Gasteiger partial charge in [-0.25, -0.2) is 4.79 Å². The number of rotatable bonds is 4. The zero-order valence-corrected chi connectivity index (χ0v) is 9.23. The highest BCUT2D eigenvalue weighted by Crippen LogP contribution is 2.42. The van der Waals surface area contributed by atoms with Crippen LogP contribution in [-0.2, 0) is 0 Å². The molecule has 0 saturated carbocycles. The van der Waals surface area contributed by atoms with Crippen LogP contribution in [0.25, 0.3) is 0 Å². The van der Waals surface area contributed by atoms with Gasteiger partial charge in [-0.15, -0.1) is 0 Å². The molecule has 0 fully saturated rings. The number of amides is 1. The number of carbonyl (C=O) groups is 1. The van der Waals surface area contributed by atoms with E-state index in [9.17, 15) is 4.79 Å². The van der Waals surface area contributed by atoms with Crippen molar-refractivity contribution in [3.8, 4) is 17.2 Å². The molecule has 0 unspecified atom stereocenters. The lowest BCUT2D eigenvalue weighted by atomic mass is 10.2. The largest absolute Gasteiger partial charge is 0.493 e. The molecular weight excluding hydrogens is 214 g/mol. The first-order valence-corrected chi connectivity index (χ1v) is 4.43. The van der Waals surface area contributed by atoms with E-state index in [1.807, 2.05) is 0 Å². The maximum absolute atomic E-state index is 10.6. The third-order valence-corrected chi connectivity index (χ3v) is 1.95. The van der Waals surface area contributed by atoms with E-state index in [1.54, 1.807) is 6.07 Å². The van der Waals surface area contributed by atoms with Crippen molar-refractivity contribution in [2.45, 2.75) is 0 Å². The zero-order valence-electron chi connectivity index (χ0n) is 9.23. The van der Waals surface area contributed by atoms with Gasteiger partial charge < -0.3 is 19.3 Å². The molecule has 88 valence electrons. The molecule has 1 amide bonds. The van der Waals surface area contributed by atoms with Crippen molar-refractivity contribution >= 4 is 11.8 Å². The Kier molecular flexibility index (Phi) is 3.82. The molecule has 0 saturated heterocycles. The van der Waals surface area contributed by atoms with E-state index < -0.39 is 6.09 Å². The van der Waals surface area contributed by atoms with E-state index in [0.29, 0.717) is 17.2 Å². The maximum Gasteiger partial charge on any atom is 0.409 e. The zero-order chi connectivity index (χ0) is 12.1. The first kappa shape index (κ1) is 12.0. The van der Waals surface area contributed by atoms with Crippen LogP contribution in [0.3, 0.4) is 0 Å². The van der Waals surface area contributed by atoms with Crippen molar-refractivity contribution in [1.29, 1.82) is 0 Å². The molecule has 1 aromatic rings. The highest BCUT2D eigenvalue weighted by Gasteiger charge is 2.16. The summed E-state index contributed by atoms with van der Waals surface area (Å²) >= 11 is 0. The summed E-state index contributed by atoms with van der Waals surface area (Å²) in [5.41, 5.74) is 0.299. The summed E-state index contributed by atoms with van der Waals surface area (Å²) in [6.45, 7) is 0. The van der Waals surface area contributed by atoms with E-state index in [4.69, 9.17) is 19.3 Å². The highest BCUT2D eigenvalue weighted by molar-refractivity contribution is 5.87. The lowest BCUT2D eigenvalue weighted by Crippen LogP contribution is -2.09. The van der Waals surface area contributed by atoms with Crippen molar-refractivity contribution in [1.82, 2.24) is 0 Å². The second-order valence-electron chi connectivity index (χ2n) is 2.81. The van der Waals surface area contributed by atoms with Gasteiger partial charge in [0.25, 0.3) is 0 Å². The van der Waals surface area contributed by atoms with Crippen molar-refractivity contribution in [2.24, 2.45) is 0 Å². The smallest absolute Gasteiger partial charge is 0.409 e. The molecule has 6 heteroatoms. The van der Waals surface area contributed by atoms with Gasteiger partial charge in [0.15, 0.2) is 11.5 Å². The van der Waals surface area contributed by atoms with Gasteiger partial charge in [0.05, 0.1) is 27.0 Å². The summed E-state index contributed by atoms with van der Waals surface area (Å²) in [4.78, 5) is 10.6. The molecule has 0 aliphatic rings. The fraction of sp³-hybridized carbons (Fsp3) is 0.300. The minimum absolute atomic E-state index is 0.282. The fourth-order valence-electron chi connectivity index (χ4n) is 1.31. The Hall–Kier alpha value is -2.11. The Bertz CT molecular complexity index is 391. The molecule has 0 radical (unpaired) electrons.